The Kier molecular flexibility index (Phi) is 6.01. The van der Waals surface area contributed by atoms with Crippen LogP contribution < -0.4 is 10.2 Å². The Morgan fingerprint density at radius 1 is 1.20 bits per heavy atom. The van der Waals surface area contributed by atoms with Crippen LogP contribution in [0.4, 0.5) is 11.6 Å². The highest BCUT2D eigenvalue weighted by atomic mass is 35.5. The van der Waals surface area contributed by atoms with Crippen LogP contribution in [0.1, 0.15) is 24.2 Å². The van der Waals surface area contributed by atoms with E-state index >= 15 is 0 Å². The van der Waals surface area contributed by atoms with E-state index < -0.39 is 0 Å². The predicted molar refractivity (Wildman–Crippen MR) is 120 cm³/mol. The van der Waals surface area contributed by atoms with Crippen LogP contribution >= 0.6 is 23.4 Å². The van der Waals surface area contributed by atoms with Crippen LogP contribution in [0.15, 0.2) is 29.4 Å². The van der Waals surface area contributed by atoms with Gasteiger partial charge in [-0.05, 0) is 38.8 Å². The molecule has 10 heteroatoms. The quantitative estimate of drug-likeness (QED) is 0.584. The number of nitrogens with zero attached hydrogens (tertiary/aromatic N) is 6. The number of benzene rings is 1. The van der Waals surface area contributed by atoms with E-state index in [1.54, 1.807) is 4.68 Å². The lowest BCUT2D eigenvalue weighted by atomic mass is 10.3. The normalized spacial score (nSPS) is 13.8. The second-order valence-corrected chi connectivity index (χ2v) is 8.62. The maximum Gasteiger partial charge on any atom is 0.234 e. The zero-order valence-electron chi connectivity index (χ0n) is 17.2. The number of rotatable bonds is 6. The molecule has 1 fully saturated rings. The molecule has 158 valence electrons. The van der Waals surface area contributed by atoms with Crippen molar-refractivity contribution in [1.82, 2.24) is 24.5 Å². The molecule has 1 aliphatic rings. The summed E-state index contributed by atoms with van der Waals surface area (Å²) in [5.74, 6) is 0.856. The van der Waals surface area contributed by atoms with Crippen LogP contribution in [0.2, 0.25) is 5.02 Å². The summed E-state index contributed by atoms with van der Waals surface area (Å²) in [6.45, 7) is 5.69. The van der Waals surface area contributed by atoms with E-state index in [0.717, 1.165) is 54.6 Å². The minimum absolute atomic E-state index is 0.115. The van der Waals surface area contributed by atoms with Gasteiger partial charge in [0.15, 0.2) is 5.16 Å². The summed E-state index contributed by atoms with van der Waals surface area (Å²) < 4.78 is 3.71. The first-order chi connectivity index (χ1) is 14.5. The van der Waals surface area contributed by atoms with E-state index in [4.69, 9.17) is 11.6 Å². The largest absolute Gasteiger partial charge is 0.341 e. The molecule has 3 aromatic rings. The third-order valence-corrected chi connectivity index (χ3v) is 6.45. The standard InChI is InChI=1S/C20H24ClN7OS/c1-13-18(14(2)26(3)25-13)22-17(29)12-30-20-24-23-19(27-10-6-7-11-27)28(20)16-9-5-4-8-15(16)21/h4-5,8-9H,6-7,10-12H2,1-3H3,(H,22,29). The van der Waals surface area contributed by atoms with E-state index in [9.17, 15) is 4.79 Å². The Morgan fingerprint density at radius 3 is 2.60 bits per heavy atom. The number of amides is 1. The van der Waals surface area contributed by atoms with Gasteiger partial charge in [0.2, 0.25) is 11.9 Å². The summed E-state index contributed by atoms with van der Waals surface area (Å²) in [7, 11) is 1.86. The molecule has 8 nitrogen and oxygen atoms in total. The third kappa shape index (κ3) is 4.04. The number of aromatic nitrogens is 5. The predicted octanol–water partition coefficient (Wildman–Crippen LogP) is 3.60. The van der Waals surface area contributed by atoms with E-state index in [1.807, 2.05) is 49.7 Å². The second kappa shape index (κ2) is 8.69. The van der Waals surface area contributed by atoms with Crippen LogP contribution in [-0.4, -0.2) is 49.3 Å². The first-order valence-corrected chi connectivity index (χ1v) is 11.2. The first-order valence-electron chi connectivity index (χ1n) is 9.84. The van der Waals surface area contributed by atoms with Crippen molar-refractivity contribution in [2.75, 3.05) is 29.1 Å². The number of hydrogen-bond donors (Lipinski definition) is 1. The Labute approximate surface area is 184 Å². The van der Waals surface area contributed by atoms with Crippen molar-refractivity contribution >= 4 is 40.9 Å². The number of para-hydroxylation sites is 1. The molecule has 2 aromatic heterocycles. The van der Waals surface area contributed by atoms with Gasteiger partial charge in [0, 0.05) is 20.1 Å². The van der Waals surface area contributed by atoms with E-state index in [1.165, 1.54) is 11.8 Å². The molecule has 30 heavy (non-hydrogen) atoms. The summed E-state index contributed by atoms with van der Waals surface area (Å²) in [4.78, 5) is 14.8. The zero-order chi connectivity index (χ0) is 21.3. The molecule has 0 bridgehead atoms. The van der Waals surface area contributed by atoms with Crippen molar-refractivity contribution in [3.63, 3.8) is 0 Å². The number of carbonyl (C=O) groups excluding carboxylic acids is 1. The minimum Gasteiger partial charge on any atom is -0.341 e. The van der Waals surface area contributed by atoms with E-state index in [0.29, 0.717) is 10.2 Å². The number of aryl methyl sites for hydroxylation is 2. The van der Waals surface area contributed by atoms with Gasteiger partial charge in [0.25, 0.3) is 0 Å². The lowest BCUT2D eigenvalue weighted by Crippen LogP contribution is -2.22. The number of carbonyl (C=O) groups is 1. The van der Waals surface area contributed by atoms with Gasteiger partial charge in [-0.25, -0.2) is 0 Å². The van der Waals surface area contributed by atoms with Crippen LogP contribution in [-0.2, 0) is 11.8 Å². The summed E-state index contributed by atoms with van der Waals surface area (Å²) >= 11 is 7.82. The molecule has 0 unspecified atom stereocenters. The Balaban J connectivity index is 1.57. The molecule has 1 aromatic carbocycles. The minimum atomic E-state index is -0.115. The SMILES string of the molecule is Cc1nn(C)c(C)c1NC(=O)CSc1nnc(N2CCCC2)n1-c1ccccc1Cl. The highest BCUT2D eigenvalue weighted by Crippen LogP contribution is 2.32. The average molecular weight is 446 g/mol. The topological polar surface area (TPSA) is 80.9 Å². The number of thioether (sulfide) groups is 1. The van der Waals surface area contributed by atoms with Gasteiger partial charge in [-0.1, -0.05) is 35.5 Å². The lowest BCUT2D eigenvalue weighted by molar-refractivity contribution is -0.113. The fourth-order valence-corrected chi connectivity index (χ4v) is 4.54. The number of hydrogen-bond acceptors (Lipinski definition) is 6. The Hall–Kier alpha value is -2.52. The number of anilines is 2. The van der Waals surface area contributed by atoms with Gasteiger partial charge < -0.3 is 10.2 Å². The molecule has 0 aliphatic carbocycles. The lowest BCUT2D eigenvalue weighted by Gasteiger charge is -2.19. The zero-order valence-corrected chi connectivity index (χ0v) is 18.8. The summed E-state index contributed by atoms with van der Waals surface area (Å²) in [6.07, 6.45) is 2.26. The van der Waals surface area contributed by atoms with Crippen molar-refractivity contribution < 1.29 is 4.79 Å². The highest BCUT2D eigenvalue weighted by Gasteiger charge is 2.24. The molecular weight excluding hydrogens is 422 g/mol. The van der Waals surface area contributed by atoms with Crippen molar-refractivity contribution in [2.45, 2.75) is 31.8 Å². The molecule has 4 rings (SSSR count). The van der Waals surface area contributed by atoms with Crippen molar-refractivity contribution in [1.29, 1.82) is 0 Å². The van der Waals surface area contributed by atoms with Gasteiger partial charge in [-0.3, -0.25) is 14.0 Å². The third-order valence-electron chi connectivity index (χ3n) is 5.20. The molecule has 0 atom stereocenters. The molecule has 0 saturated carbocycles. The fraction of sp³-hybridized carbons (Fsp3) is 0.400. The maximum absolute atomic E-state index is 12.6. The smallest absolute Gasteiger partial charge is 0.234 e. The van der Waals surface area contributed by atoms with Crippen LogP contribution in [0.25, 0.3) is 5.69 Å². The average Bonchev–Trinajstić information content (AvgIpc) is 3.44. The van der Waals surface area contributed by atoms with Crippen LogP contribution in [0.3, 0.4) is 0 Å². The molecule has 1 amide bonds. The monoisotopic (exact) mass is 445 g/mol. The Bertz CT molecular complexity index is 1070. The molecular formula is C20H24ClN7OS. The fourth-order valence-electron chi connectivity index (χ4n) is 3.58. The van der Waals surface area contributed by atoms with E-state index in [2.05, 4.69) is 25.5 Å². The van der Waals surface area contributed by atoms with Gasteiger partial charge >= 0.3 is 0 Å². The highest BCUT2D eigenvalue weighted by molar-refractivity contribution is 7.99. The Morgan fingerprint density at radius 2 is 1.93 bits per heavy atom. The molecule has 1 N–H and O–H groups in total. The van der Waals surface area contributed by atoms with Crippen LogP contribution in [0, 0.1) is 13.8 Å². The van der Waals surface area contributed by atoms with Gasteiger partial charge in [-0.2, -0.15) is 5.10 Å². The molecule has 1 aliphatic heterocycles. The van der Waals surface area contributed by atoms with Crippen molar-refractivity contribution in [2.24, 2.45) is 7.05 Å². The maximum atomic E-state index is 12.6. The number of nitrogens with one attached hydrogen (secondary N) is 1. The summed E-state index contributed by atoms with van der Waals surface area (Å²) in [5, 5.41) is 17.4. The van der Waals surface area contributed by atoms with Crippen molar-refractivity contribution in [3.8, 4) is 5.69 Å². The van der Waals surface area contributed by atoms with E-state index in [-0.39, 0.29) is 11.7 Å². The second-order valence-electron chi connectivity index (χ2n) is 7.27. The van der Waals surface area contributed by atoms with Crippen molar-refractivity contribution in [3.05, 3.63) is 40.7 Å². The van der Waals surface area contributed by atoms with Gasteiger partial charge in [0.05, 0.1) is 33.5 Å². The molecule has 3 heterocycles. The molecule has 0 spiro atoms. The first kappa shape index (κ1) is 20.7. The van der Waals surface area contributed by atoms with Crippen LogP contribution in [0.5, 0.6) is 0 Å². The molecule has 1 saturated heterocycles. The molecule has 0 radical (unpaired) electrons. The summed E-state index contributed by atoms with van der Waals surface area (Å²) in [6, 6.07) is 7.62. The number of halogens is 1. The van der Waals surface area contributed by atoms with Gasteiger partial charge in [-0.15, -0.1) is 10.2 Å². The summed E-state index contributed by atoms with van der Waals surface area (Å²) in [5.41, 5.74) is 3.28. The van der Waals surface area contributed by atoms with Gasteiger partial charge in [0.1, 0.15) is 0 Å².